The number of aryl methyl sites for hydroxylation is 1. The number of thiazole rings is 1. The molecule has 1 aromatic rings. The number of sulfone groups is 1. The Morgan fingerprint density at radius 2 is 1.94 bits per heavy atom. The van der Waals surface area contributed by atoms with E-state index in [-0.39, 0.29) is 5.25 Å². The van der Waals surface area contributed by atoms with Gasteiger partial charge >= 0.3 is 0 Å². The molecule has 0 unspecified atom stereocenters. The molecular weight excluding hydrogens is 244 g/mol. The Bertz CT molecular complexity index is 473. The van der Waals surface area contributed by atoms with Crippen LogP contribution in [0.3, 0.4) is 0 Å². The number of nitrogens with zero attached hydrogens (tertiary/aromatic N) is 1. The quantitative estimate of drug-likeness (QED) is 0.884. The fourth-order valence-electron chi connectivity index (χ4n) is 2.19. The molecule has 1 aromatic heterocycles. The van der Waals surface area contributed by atoms with Crippen LogP contribution in [-0.2, 0) is 9.84 Å². The van der Waals surface area contributed by atoms with Gasteiger partial charge in [0.15, 0.2) is 15.0 Å². The largest absolute Gasteiger partial charge is 0.375 e. The molecule has 1 heterocycles. The van der Waals surface area contributed by atoms with E-state index in [1.807, 2.05) is 0 Å². The van der Waals surface area contributed by atoms with E-state index in [9.17, 15) is 8.42 Å². The summed E-state index contributed by atoms with van der Waals surface area (Å²) >= 11 is 1.09. The van der Waals surface area contributed by atoms with E-state index in [0.29, 0.717) is 15.0 Å². The standard InChI is InChI=1S/C10H16N2O2S2/c1-7-9(15-10(11)12-7)16(13,14)8-5-3-2-4-6-8/h8H,2-6H2,1H3,(H2,11,12). The highest BCUT2D eigenvalue weighted by Gasteiger charge is 2.32. The molecule has 4 nitrogen and oxygen atoms in total. The minimum absolute atomic E-state index is 0.222. The molecule has 0 aromatic carbocycles. The molecular formula is C10H16N2O2S2. The number of anilines is 1. The second kappa shape index (κ2) is 4.33. The summed E-state index contributed by atoms with van der Waals surface area (Å²) in [7, 11) is -3.20. The Kier molecular flexibility index (Phi) is 3.21. The molecule has 1 fully saturated rings. The Hall–Kier alpha value is -0.620. The van der Waals surface area contributed by atoms with Gasteiger partial charge in [-0.2, -0.15) is 0 Å². The first-order valence-electron chi connectivity index (χ1n) is 5.48. The zero-order valence-electron chi connectivity index (χ0n) is 9.27. The first kappa shape index (κ1) is 11.9. The molecule has 90 valence electrons. The van der Waals surface area contributed by atoms with Gasteiger partial charge in [-0.05, 0) is 19.8 Å². The van der Waals surface area contributed by atoms with Crippen molar-refractivity contribution in [3.63, 3.8) is 0 Å². The van der Waals surface area contributed by atoms with E-state index in [1.165, 1.54) is 0 Å². The molecule has 0 amide bonds. The van der Waals surface area contributed by atoms with Gasteiger partial charge in [0.2, 0.25) is 0 Å². The molecule has 0 spiro atoms. The Morgan fingerprint density at radius 3 is 2.44 bits per heavy atom. The van der Waals surface area contributed by atoms with Gasteiger partial charge in [0.25, 0.3) is 0 Å². The van der Waals surface area contributed by atoms with Crippen LogP contribution in [0.25, 0.3) is 0 Å². The predicted octanol–water partition coefficient (Wildman–Crippen LogP) is 2.14. The summed E-state index contributed by atoms with van der Waals surface area (Å²) in [5.74, 6) is 0. The first-order valence-corrected chi connectivity index (χ1v) is 7.85. The first-order chi connectivity index (χ1) is 7.51. The van der Waals surface area contributed by atoms with E-state index in [0.717, 1.165) is 43.4 Å². The van der Waals surface area contributed by atoms with Crippen LogP contribution >= 0.6 is 11.3 Å². The average Bonchev–Trinajstić information content (AvgIpc) is 2.60. The van der Waals surface area contributed by atoms with Gasteiger partial charge < -0.3 is 5.73 Å². The summed E-state index contributed by atoms with van der Waals surface area (Å²) < 4.78 is 25.0. The van der Waals surface area contributed by atoms with Crippen LogP contribution < -0.4 is 5.73 Å². The van der Waals surface area contributed by atoms with Gasteiger partial charge in [-0.15, -0.1) is 0 Å². The Morgan fingerprint density at radius 1 is 1.31 bits per heavy atom. The van der Waals surface area contributed by atoms with Gasteiger partial charge in [0.1, 0.15) is 4.21 Å². The zero-order chi connectivity index (χ0) is 11.8. The highest BCUT2D eigenvalue weighted by Crippen LogP contribution is 2.33. The van der Waals surface area contributed by atoms with Gasteiger partial charge in [0.05, 0.1) is 10.9 Å². The lowest BCUT2D eigenvalue weighted by atomic mass is 10.0. The van der Waals surface area contributed by atoms with E-state index in [4.69, 9.17) is 5.73 Å². The maximum atomic E-state index is 12.3. The number of rotatable bonds is 2. The van der Waals surface area contributed by atoms with Crippen molar-refractivity contribution >= 4 is 26.3 Å². The van der Waals surface area contributed by atoms with Crippen molar-refractivity contribution in [2.24, 2.45) is 0 Å². The Balaban J connectivity index is 2.34. The number of nitrogens with two attached hydrogens (primary N) is 1. The summed E-state index contributed by atoms with van der Waals surface area (Å²) in [6, 6.07) is 0. The highest BCUT2D eigenvalue weighted by atomic mass is 32.2. The van der Waals surface area contributed by atoms with E-state index in [2.05, 4.69) is 4.98 Å². The maximum absolute atomic E-state index is 12.3. The van der Waals surface area contributed by atoms with Crippen molar-refractivity contribution in [1.29, 1.82) is 0 Å². The SMILES string of the molecule is Cc1nc(N)sc1S(=O)(=O)C1CCCCC1. The van der Waals surface area contributed by atoms with Crippen molar-refractivity contribution in [1.82, 2.24) is 4.98 Å². The van der Waals surface area contributed by atoms with E-state index < -0.39 is 9.84 Å². The lowest BCUT2D eigenvalue weighted by Crippen LogP contribution is -2.23. The van der Waals surface area contributed by atoms with Gasteiger partial charge in [-0.25, -0.2) is 13.4 Å². The minimum atomic E-state index is -3.20. The normalized spacial score (nSPS) is 18.8. The maximum Gasteiger partial charge on any atom is 0.192 e. The fraction of sp³-hybridized carbons (Fsp3) is 0.700. The summed E-state index contributed by atoms with van der Waals surface area (Å²) in [6.45, 7) is 1.71. The Labute approximate surface area is 99.8 Å². The molecule has 2 N–H and O–H groups in total. The third-order valence-corrected chi connectivity index (χ3v) is 6.91. The van der Waals surface area contributed by atoms with Crippen LogP contribution in [0, 0.1) is 6.92 Å². The molecule has 2 rings (SSSR count). The van der Waals surface area contributed by atoms with E-state index in [1.54, 1.807) is 6.92 Å². The molecule has 0 radical (unpaired) electrons. The molecule has 0 aliphatic heterocycles. The average molecular weight is 260 g/mol. The number of hydrogen-bond acceptors (Lipinski definition) is 5. The van der Waals surface area contributed by atoms with Crippen molar-refractivity contribution in [2.75, 3.05) is 5.73 Å². The minimum Gasteiger partial charge on any atom is -0.375 e. The lowest BCUT2D eigenvalue weighted by Gasteiger charge is -2.20. The molecule has 1 saturated carbocycles. The predicted molar refractivity (Wildman–Crippen MR) is 65.3 cm³/mol. The molecule has 16 heavy (non-hydrogen) atoms. The lowest BCUT2D eigenvalue weighted by molar-refractivity contribution is 0.484. The molecule has 1 aliphatic carbocycles. The number of hydrogen-bond donors (Lipinski definition) is 1. The van der Waals surface area contributed by atoms with Crippen LogP contribution in [-0.4, -0.2) is 18.7 Å². The number of nitrogen functional groups attached to an aromatic ring is 1. The summed E-state index contributed by atoms with van der Waals surface area (Å²) in [5, 5.41) is 0.117. The molecule has 6 heteroatoms. The topological polar surface area (TPSA) is 73.0 Å². The van der Waals surface area contributed by atoms with Gasteiger partial charge in [0, 0.05) is 0 Å². The van der Waals surface area contributed by atoms with Crippen LogP contribution in [0.1, 0.15) is 37.8 Å². The second-order valence-electron chi connectivity index (χ2n) is 4.23. The third-order valence-electron chi connectivity index (χ3n) is 3.02. The van der Waals surface area contributed by atoms with Gasteiger partial charge in [-0.1, -0.05) is 30.6 Å². The van der Waals surface area contributed by atoms with Crippen LogP contribution in [0.5, 0.6) is 0 Å². The summed E-state index contributed by atoms with van der Waals surface area (Å²) in [6.07, 6.45) is 4.73. The smallest absolute Gasteiger partial charge is 0.192 e. The summed E-state index contributed by atoms with van der Waals surface area (Å²) in [5.41, 5.74) is 6.10. The fourth-order valence-corrected chi connectivity index (χ4v) is 5.60. The summed E-state index contributed by atoms with van der Waals surface area (Å²) in [4.78, 5) is 3.99. The monoisotopic (exact) mass is 260 g/mol. The third kappa shape index (κ3) is 2.08. The van der Waals surface area contributed by atoms with Crippen LogP contribution in [0.4, 0.5) is 5.13 Å². The van der Waals surface area contributed by atoms with Crippen molar-refractivity contribution in [2.45, 2.75) is 48.5 Å². The van der Waals surface area contributed by atoms with Gasteiger partial charge in [-0.3, -0.25) is 0 Å². The van der Waals surface area contributed by atoms with Crippen LogP contribution in [0.15, 0.2) is 4.21 Å². The van der Waals surface area contributed by atoms with E-state index >= 15 is 0 Å². The molecule has 1 aliphatic rings. The molecule has 0 saturated heterocycles. The molecule has 0 bridgehead atoms. The van der Waals surface area contributed by atoms with Crippen LogP contribution in [0.2, 0.25) is 0 Å². The zero-order valence-corrected chi connectivity index (χ0v) is 10.9. The van der Waals surface area contributed by atoms with Crippen molar-refractivity contribution < 1.29 is 8.42 Å². The van der Waals surface area contributed by atoms with Crippen molar-refractivity contribution in [3.8, 4) is 0 Å². The van der Waals surface area contributed by atoms with Crippen molar-refractivity contribution in [3.05, 3.63) is 5.69 Å². The second-order valence-corrected chi connectivity index (χ2v) is 7.68. The molecule has 0 atom stereocenters. The number of aromatic nitrogens is 1. The highest BCUT2D eigenvalue weighted by molar-refractivity contribution is 7.94.